The van der Waals surface area contributed by atoms with Crippen molar-refractivity contribution in [2.75, 3.05) is 11.4 Å². The fraction of sp³-hybridized carbons (Fsp3) is 0.345. The number of carbonyl (C=O) groups excluding carboxylic acids is 3. The molecule has 0 spiro atoms. The lowest BCUT2D eigenvalue weighted by Crippen LogP contribution is -2.53. The van der Waals surface area contributed by atoms with Crippen LogP contribution in [0.1, 0.15) is 55.1 Å². The molecule has 182 valence electrons. The van der Waals surface area contributed by atoms with Crippen LogP contribution in [0.2, 0.25) is 0 Å². The van der Waals surface area contributed by atoms with E-state index in [9.17, 15) is 14.4 Å². The van der Waals surface area contributed by atoms with Gasteiger partial charge in [0.25, 0.3) is 5.91 Å². The predicted molar refractivity (Wildman–Crippen MR) is 139 cm³/mol. The zero-order valence-corrected chi connectivity index (χ0v) is 20.9. The zero-order valence-electron chi connectivity index (χ0n) is 20.9. The number of nitrogens with one attached hydrogen (secondary N) is 1. The van der Waals surface area contributed by atoms with Crippen molar-refractivity contribution >= 4 is 34.2 Å². The van der Waals surface area contributed by atoms with Crippen molar-refractivity contribution in [1.29, 1.82) is 0 Å². The highest BCUT2D eigenvalue weighted by Crippen LogP contribution is 2.37. The standard InChI is InChI=1S/C29H33N3O3/c1-5-20(4)30-28(34)24(6-2)31(17-21-11-7-10-19(3)16-21)26(33)18-32-25-15-9-13-22-12-8-14-23(27(22)25)29(32)35/h7-16,20,24H,5-6,17-18H2,1-4H3,(H,30,34)/t20-,24+/m1/s1. The van der Waals surface area contributed by atoms with E-state index < -0.39 is 6.04 Å². The molecule has 0 aromatic heterocycles. The minimum absolute atomic E-state index is 0.0136. The molecule has 3 aromatic carbocycles. The van der Waals surface area contributed by atoms with Crippen molar-refractivity contribution < 1.29 is 14.4 Å². The van der Waals surface area contributed by atoms with Crippen molar-refractivity contribution in [2.24, 2.45) is 0 Å². The molecule has 0 saturated carbocycles. The Labute approximate surface area is 206 Å². The maximum Gasteiger partial charge on any atom is 0.259 e. The van der Waals surface area contributed by atoms with Crippen molar-refractivity contribution in [3.05, 3.63) is 77.4 Å². The lowest BCUT2D eigenvalue weighted by Gasteiger charge is -2.33. The number of nitrogens with zero attached hydrogens (tertiary/aromatic N) is 2. The second-order valence-electron chi connectivity index (χ2n) is 9.32. The van der Waals surface area contributed by atoms with Crippen LogP contribution in [0.25, 0.3) is 10.8 Å². The molecule has 0 unspecified atom stereocenters. The van der Waals surface area contributed by atoms with E-state index in [0.717, 1.165) is 34.0 Å². The Kier molecular flexibility index (Phi) is 7.20. The van der Waals surface area contributed by atoms with E-state index in [1.165, 1.54) is 0 Å². The summed E-state index contributed by atoms with van der Waals surface area (Å²) < 4.78 is 0. The number of anilines is 1. The summed E-state index contributed by atoms with van der Waals surface area (Å²) in [6.07, 6.45) is 1.28. The highest BCUT2D eigenvalue weighted by Gasteiger charge is 2.35. The van der Waals surface area contributed by atoms with Crippen LogP contribution in [-0.2, 0) is 16.1 Å². The Morgan fingerprint density at radius 3 is 2.40 bits per heavy atom. The summed E-state index contributed by atoms with van der Waals surface area (Å²) in [4.78, 5) is 43.5. The van der Waals surface area contributed by atoms with Crippen LogP contribution < -0.4 is 10.2 Å². The van der Waals surface area contributed by atoms with Gasteiger partial charge in [0, 0.05) is 23.5 Å². The third-order valence-electron chi connectivity index (χ3n) is 6.76. The van der Waals surface area contributed by atoms with Crippen LogP contribution in [0.15, 0.2) is 60.7 Å². The van der Waals surface area contributed by atoms with Gasteiger partial charge in [0.05, 0.1) is 5.69 Å². The largest absolute Gasteiger partial charge is 0.352 e. The molecule has 1 heterocycles. The number of aryl methyl sites for hydroxylation is 1. The Morgan fingerprint density at radius 2 is 1.71 bits per heavy atom. The normalized spacial score (nSPS) is 14.2. The van der Waals surface area contributed by atoms with E-state index in [4.69, 9.17) is 0 Å². The minimum Gasteiger partial charge on any atom is -0.352 e. The van der Waals surface area contributed by atoms with Crippen molar-refractivity contribution in [3.63, 3.8) is 0 Å². The van der Waals surface area contributed by atoms with Gasteiger partial charge in [-0.25, -0.2) is 0 Å². The molecule has 1 aliphatic rings. The van der Waals surface area contributed by atoms with Crippen LogP contribution >= 0.6 is 0 Å². The third-order valence-corrected chi connectivity index (χ3v) is 6.76. The zero-order chi connectivity index (χ0) is 25.1. The van der Waals surface area contributed by atoms with Crippen LogP contribution in [0.3, 0.4) is 0 Å². The van der Waals surface area contributed by atoms with Crippen LogP contribution in [0.4, 0.5) is 5.69 Å². The fourth-order valence-corrected chi connectivity index (χ4v) is 4.73. The number of carbonyl (C=O) groups is 3. The van der Waals surface area contributed by atoms with E-state index in [-0.39, 0.29) is 30.3 Å². The van der Waals surface area contributed by atoms with Gasteiger partial charge < -0.3 is 10.2 Å². The smallest absolute Gasteiger partial charge is 0.259 e. The number of amides is 3. The van der Waals surface area contributed by atoms with Crippen molar-refractivity contribution in [2.45, 2.75) is 59.2 Å². The fourth-order valence-electron chi connectivity index (χ4n) is 4.73. The summed E-state index contributed by atoms with van der Waals surface area (Å²) in [5.74, 6) is -0.602. The Bertz CT molecular complexity index is 1260. The summed E-state index contributed by atoms with van der Waals surface area (Å²) in [7, 11) is 0. The van der Waals surface area contributed by atoms with Gasteiger partial charge >= 0.3 is 0 Å². The topological polar surface area (TPSA) is 69.7 Å². The highest BCUT2D eigenvalue weighted by atomic mass is 16.2. The molecular weight excluding hydrogens is 438 g/mol. The SMILES string of the molecule is CC[C@@H](C)NC(=O)[C@H](CC)N(Cc1cccc(C)c1)C(=O)CN1C(=O)c2cccc3cccc1c23. The molecule has 2 atom stereocenters. The maximum absolute atomic E-state index is 13.8. The molecule has 1 N–H and O–H groups in total. The van der Waals surface area contributed by atoms with E-state index >= 15 is 0 Å². The molecule has 0 radical (unpaired) electrons. The van der Waals surface area contributed by atoms with Crippen molar-refractivity contribution in [3.8, 4) is 0 Å². The molecule has 0 saturated heterocycles. The van der Waals surface area contributed by atoms with Gasteiger partial charge in [-0.3, -0.25) is 19.3 Å². The first kappa shape index (κ1) is 24.5. The summed E-state index contributed by atoms with van der Waals surface area (Å²) in [6.45, 7) is 8.06. The highest BCUT2D eigenvalue weighted by molar-refractivity contribution is 6.26. The van der Waals surface area contributed by atoms with Crippen LogP contribution in [-0.4, -0.2) is 41.2 Å². The molecule has 3 amide bonds. The maximum atomic E-state index is 13.8. The third kappa shape index (κ3) is 4.92. The second kappa shape index (κ2) is 10.3. The summed E-state index contributed by atoms with van der Waals surface area (Å²) in [5.41, 5.74) is 3.39. The lowest BCUT2D eigenvalue weighted by atomic mass is 10.1. The Balaban J connectivity index is 1.65. The predicted octanol–water partition coefficient (Wildman–Crippen LogP) is 4.83. The number of hydrogen-bond donors (Lipinski definition) is 1. The number of benzene rings is 3. The van der Waals surface area contributed by atoms with Gasteiger partial charge in [0.15, 0.2) is 0 Å². The van der Waals surface area contributed by atoms with Gasteiger partial charge in [0.1, 0.15) is 12.6 Å². The van der Waals surface area contributed by atoms with Gasteiger partial charge in [-0.2, -0.15) is 0 Å². The summed E-state index contributed by atoms with van der Waals surface area (Å²) in [5, 5.41) is 4.88. The molecule has 6 nitrogen and oxygen atoms in total. The number of rotatable bonds is 9. The first-order valence-corrected chi connectivity index (χ1v) is 12.3. The molecule has 1 aliphatic heterocycles. The molecule has 3 aromatic rings. The lowest BCUT2D eigenvalue weighted by molar-refractivity contribution is -0.140. The van der Waals surface area contributed by atoms with E-state index in [2.05, 4.69) is 5.32 Å². The quantitative estimate of drug-likeness (QED) is 0.486. The molecule has 0 fully saturated rings. The number of hydrogen-bond acceptors (Lipinski definition) is 3. The molecule has 35 heavy (non-hydrogen) atoms. The summed E-state index contributed by atoms with van der Waals surface area (Å²) >= 11 is 0. The van der Waals surface area contributed by atoms with Gasteiger partial charge in [-0.05, 0) is 49.8 Å². The molecular formula is C29H33N3O3. The monoisotopic (exact) mass is 471 g/mol. The van der Waals surface area contributed by atoms with E-state index in [1.807, 2.05) is 82.3 Å². The molecule has 6 heteroatoms. The van der Waals surface area contributed by atoms with Gasteiger partial charge in [0.2, 0.25) is 11.8 Å². The van der Waals surface area contributed by atoms with E-state index in [0.29, 0.717) is 18.5 Å². The molecule has 0 aliphatic carbocycles. The Hall–Kier alpha value is -3.67. The van der Waals surface area contributed by atoms with Crippen LogP contribution in [0, 0.1) is 6.92 Å². The average molecular weight is 472 g/mol. The first-order chi connectivity index (χ1) is 16.8. The first-order valence-electron chi connectivity index (χ1n) is 12.3. The van der Waals surface area contributed by atoms with E-state index in [1.54, 1.807) is 15.9 Å². The second-order valence-corrected chi connectivity index (χ2v) is 9.32. The van der Waals surface area contributed by atoms with Gasteiger partial charge in [-0.15, -0.1) is 0 Å². The minimum atomic E-state index is -0.632. The average Bonchev–Trinajstić information content (AvgIpc) is 3.11. The van der Waals surface area contributed by atoms with Gasteiger partial charge in [-0.1, -0.05) is 67.9 Å². The molecule has 4 rings (SSSR count). The molecule has 0 bridgehead atoms. The van der Waals surface area contributed by atoms with Crippen molar-refractivity contribution in [1.82, 2.24) is 10.2 Å². The Morgan fingerprint density at radius 1 is 1.00 bits per heavy atom. The van der Waals surface area contributed by atoms with Crippen LogP contribution in [0.5, 0.6) is 0 Å². The summed E-state index contributed by atoms with van der Waals surface area (Å²) in [6, 6.07) is 18.7.